The fourth-order valence-corrected chi connectivity index (χ4v) is 3.99. The fraction of sp³-hybridized carbons (Fsp3) is 0.364. The molecule has 0 bridgehead atoms. The zero-order chi connectivity index (χ0) is 20.1. The SMILES string of the molecule is CC1CCCCN1c1ccc(Br)cc1C(=O)NCCc1ccc(C(=O)O)cc1. The Balaban J connectivity index is 1.66. The van der Waals surface area contributed by atoms with E-state index in [1.807, 2.05) is 18.2 Å². The third-order valence-electron chi connectivity index (χ3n) is 5.22. The average molecular weight is 445 g/mol. The zero-order valence-corrected chi connectivity index (χ0v) is 17.5. The molecule has 28 heavy (non-hydrogen) atoms. The van der Waals surface area contributed by atoms with Gasteiger partial charge in [0, 0.05) is 29.3 Å². The minimum atomic E-state index is -0.936. The number of amides is 1. The lowest BCUT2D eigenvalue weighted by Crippen LogP contribution is -2.39. The van der Waals surface area contributed by atoms with Crippen molar-refractivity contribution in [2.75, 3.05) is 18.0 Å². The van der Waals surface area contributed by atoms with E-state index in [1.54, 1.807) is 24.3 Å². The van der Waals surface area contributed by atoms with E-state index >= 15 is 0 Å². The lowest BCUT2D eigenvalue weighted by atomic mass is 10.0. The summed E-state index contributed by atoms with van der Waals surface area (Å²) in [7, 11) is 0. The third kappa shape index (κ3) is 4.93. The molecule has 1 amide bonds. The number of nitrogens with one attached hydrogen (secondary N) is 1. The summed E-state index contributed by atoms with van der Waals surface area (Å²) in [5.74, 6) is -1.02. The van der Waals surface area contributed by atoms with Gasteiger partial charge in [0.15, 0.2) is 0 Å². The van der Waals surface area contributed by atoms with Gasteiger partial charge >= 0.3 is 5.97 Å². The van der Waals surface area contributed by atoms with Crippen molar-refractivity contribution in [1.29, 1.82) is 0 Å². The Hall–Kier alpha value is -2.34. The number of benzene rings is 2. The molecule has 2 aromatic carbocycles. The van der Waals surface area contributed by atoms with Crippen molar-refractivity contribution in [3.63, 3.8) is 0 Å². The number of hydrogen-bond donors (Lipinski definition) is 2. The number of carbonyl (C=O) groups excluding carboxylic acids is 1. The first-order chi connectivity index (χ1) is 13.5. The van der Waals surface area contributed by atoms with E-state index in [9.17, 15) is 9.59 Å². The monoisotopic (exact) mass is 444 g/mol. The number of hydrogen-bond acceptors (Lipinski definition) is 3. The second-order valence-corrected chi connectivity index (χ2v) is 8.12. The maximum atomic E-state index is 12.9. The highest BCUT2D eigenvalue weighted by molar-refractivity contribution is 9.10. The molecule has 0 saturated carbocycles. The molecule has 1 aliphatic heterocycles. The van der Waals surface area contributed by atoms with Crippen molar-refractivity contribution in [1.82, 2.24) is 5.32 Å². The summed E-state index contributed by atoms with van der Waals surface area (Å²) in [5.41, 5.74) is 2.93. The molecular weight excluding hydrogens is 420 g/mol. The topological polar surface area (TPSA) is 69.6 Å². The van der Waals surface area contributed by atoms with Crippen molar-refractivity contribution in [3.05, 3.63) is 63.6 Å². The van der Waals surface area contributed by atoms with Gasteiger partial charge in [-0.3, -0.25) is 4.79 Å². The molecule has 2 N–H and O–H groups in total. The molecule has 3 rings (SSSR count). The molecule has 0 aromatic heterocycles. The van der Waals surface area contributed by atoms with E-state index in [4.69, 9.17) is 5.11 Å². The van der Waals surface area contributed by atoms with Crippen molar-refractivity contribution >= 4 is 33.5 Å². The van der Waals surface area contributed by atoms with Crippen LogP contribution >= 0.6 is 15.9 Å². The number of nitrogens with zero attached hydrogens (tertiary/aromatic N) is 1. The van der Waals surface area contributed by atoms with Crippen molar-refractivity contribution in [3.8, 4) is 0 Å². The van der Waals surface area contributed by atoms with E-state index in [1.165, 1.54) is 6.42 Å². The standard InChI is InChI=1S/C22H25BrN2O3/c1-15-4-2-3-13-25(15)20-10-9-18(23)14-19(20)21(26)24-12-11-16-5-7-17(8-6-16)22(27)28/h5-10,14-15H,2-4,11-13H2,1H3,(H,24,26)(H,27,28). The van der Waals surface area contributed by atoms with Crippen molar-refractivity contribution in [2.45, 2.75) is 38.6 Å². The van der Waals surface area contributed by atoms with Gasteiger partial charge in [-0.1, -0.05) is 28.1 Å². The summed E-state index contributed by atoms with van der Waals surface area (Å²) < 4.78 is 0.885. The second kappa shape index (κ2) is 9.24. The van der Waals surface area contributed by atoms with E-state index < -0.39 is 5.97 Å². The highest BCUT2D eigenvalue weighted by atomic mass is 79.9. The highest BCUT2D eigenvalue weighted by Crippen LogP contribution is 2.30. The molecule has 1 saturated heterocycles. The molecule has 0 radical (unpaired) electrons. The lowest BCUT2D eigenvalue weighted by molar-refractivity contribution is 0.0696. The minimum absolute atomic E-state index is 0.0868. The maximum absolute atomic E-state index is 12.9. The molecule has 5 nitrogen and oxygen atoms in total. The van der Waals surface area contributed by atoms with Gasteiger partial charge < -0.3 is 15.3 Å². The van der Waals surface area contributed by atoms with E-state index in [0.717, 1.165) is 35.1 Å². The van der Waals surface area contributed by atoms with Gasteiger partial charge in [-0.05, 0) is 68.5 Å². The smallest absolute Gasteiger partial charge is 0.335 e. The minimum Gasteiger partial charge on any atom is -0.478 e. The highest BCUT2D eigenvalue weighted by Gasteiger charge is 2.23. The van der Waals surface area contributed by atoms with Gasteiger partial charge in [-0.15, -0.1) is 0 Å². The summed E-state index contributed by atoms with van der Waals surface area (Å²) in [6.07, 6.45) is 4.17. The molecule has 0 aliphatic carbocycles. The molecule has 1 aliphatic rings. The molecule has 1 atom stereocenters. The van der Waals surface area contributed by atoms with Crippen LogP contribution in [0, 0.1) is 0 Å². The molecule has 1 unspecified atom stereocenters. The van der Waals surface area contributed by atoms with E-state index in [2.05, 4.69) is 33.1 Å². The van der Waals surface area contributed by atoms with Gasteiger partial charge in [0.2, 0.25) is 0 Å². The van der Waals surface area contributed by atoms with Gasteiger partial charge in [-0.25, -0.2) is 4.79 Å². The fourth-order valence-electron chi connectivity index (χ4n) is 3.63. The van der Waals surface area contributed by atoms with Crippen LogP contribution in [0.2, 0.25) is 0 Å². The van der Waals surface area contributed by atoms with Crippen LogP contribution < -0.4 is 10.2 Å². The van der Waals surface area contributed by atoms with Gasteiger partial charge in [-0.2, -0.15) is 0 Å². The summed E-state index contributed by atoms with van der Waals surface area (Å²) in [4.78, 5) is 26.1. The Morgan fingerprint density at radius 1 is 1.18 bits per heavy atom. The van der Waals surface area contributed by atoms with Crippen molar-refractivity contribution in [2.24, 2.45) is 0 Å². The van der Waals surface area contributed by atoms with Crippen LogP contribution in [0.1, 0.15) is 52.5 Å². The average Bonchev–Trinajstić information content (AvgIpc) is 2.69. The van der Waals surface area contributed by atoms with Gasteiger partial charge in [0.25, 0.3) is 5.91 Å². The van der Waals surface area contributed by atoms with E-state index in [0.29, 0.717) is 24.6 Å². The number of carbonyl (C=O) groups is 2. The second-order valence-electron chi connectivity index (χ2n) is 7.21. The number of piperidine rings is 1. The third-order valence-corrected chi connectivity index (χ3v) is 5.71. The summed E-state index contributed by atoms with van der Waals surface area (Å²) >= 11 is 3.48. The largest absolute Gasteiger partial charge is 0.478 e. The van der Waals surface area contributed by atoms with Crippen molar-refractivity contribution < 1.29 is 14.7 Å². The van der Waals surface area contributed by atoms with Crippen LogP contribution in [-0.2, 0) is 6.42 Å². The first-order valence-corrected chi connectivity index (χ1v) is 10.4. The molecule has 0 spiro atoms. The van der Waals surface area contributed by atoms with Crippen LogP contribution in [-0.4, -0.2) is 36.1 Å². The zero-order valence-electron chi connectivity index (χ0n) is 16.0. The Kier molecular flexibility index (Phi) is 6.73. The van der Waals surface area contributed by atoms with Crippen LogP contribution in [0.4, 0.5) is 5.69 Å². The lowest BCUT2D eigenvalue weighted by Gasteiger charge is -2.36. The summed E-state index contributed by atoms with van der Waals surface area (Å²) in [5, 5.41) is 12.0. The van der Waals surface area contributed by atoms with Crippen LogP contribution in [0.15, 0.2) is 46.9 Å². The maximum Gasteiger partial charge on any atom is 0.335 e. The molecule has 6 heteroatoms. The molecule has 2 aromatic rings. The Morgan fingerprint density at radius 2 is 1.93 bits per heavy atom. The first-order valence-electron chi connectivity index (χ1n) is 9.62. The number of carboxylic acid groups (broad SMARTS) is 1. The molecule has 1 heterocycles. The predicted octanol–water partition coefficient (Wildman–Crippen LogP) is 4.50. The van der Waals surface area contributed by atoms with Crippen LogP contribution in [0.5, 0.6) is 0 Å². The molecule has 148 valence electrons. The number of rotatable bonds is 6. The van der Waals surface area contributed by atoms with Crippen LogP contribution in [0.3, 0.4) is 0 Å². The van der Waals surface area contributed by atoms with Gasteiger partial charge in [0.1, 0.15) is 0 Å². The number of carboxylic acids is 1. The summed E-state index contributed by atoms with van der Waals surface area (Å²) in [6, 6.07) is 13.1. The quantitative estimate of drug-likeness (QED) is 0.687. The summed E-state index contributed by atoms with van der Waals surface area (Å²) in [6.45, 7) is 3.68. The number of aromatic carboxylic acids is 1. The molecular formula is C22H25BrN2O3. The van der Waals surface area contributed by atoms with Gasteiger partial charge in [0.05, 0.1) is 11.1 Å². The molecule has 1 fully saturated rings. The van der Waals surface area contributed by atoms with Crippen LogP contribution in [0.25, 0.3) is 0 Å². The number of anilines is 1. The first kappa shape index (κ1) is 20.4. The Labute approximate surface area is 173 Å². The number of halogens is 1. The Bertz CT molecular complexity index is 851. The normalized spacial score (nSPS) is 16.6. The predicted molar refractivity (Wildman–Crippen MR) is 114 cm³/mol. The Morgan fingerprint density at radius 3 is 2.61 bits per heavy atom. The van der Waals surface area contributed by atoms with E-state index in [-0.39, 0.29) is 11.5 Å².